The molecule has 0 aromatic carbocycles. The van der Waals surface area contributed by atoms with Gasteiger partial charge in [-0.2, -0.15) is 5.26 Å². The minimum Gasteiger partial charge on any atom is -0.339 e. The van der Waals surface area contributed by atoms with Gasteiger partial charge in [0.25, 0.3) is 5.91 Å². The molecule has 0 radical (unpaired) electrons. The Morgan fingerprint density at radius 1 is 1.76 bits per heavy atom. The molecule has 2 N–H and O–H groups in total. The number of nitrogens with two attached hydrogens (primary N) is 1. The predicted molar refractivity (Wildman–Crippen MR) is 60.8 cm³/mol. The van der Waals surface area contributed by atoms with Gasteiger partial charge in [-0.15, -0.1) is 5.10 Å². The van der Waals surface area contributed by atoms with Crippen LogP contribution >= 0.6 is 0 Å². The first kappa shape index (κ1) is 13.1. The second-order valence-corrected chi connectivity index (χ2v) is 3.87. The first-order chi connectivity index (χ1) is 8.08. The maximum Gasteiger partial charge on any atom is 0.275 e. The highest BCUT2D eigenvalue weighted by Crippen LogP contribution is 2.02. The second-order valence-electron chi connectivity index (χ2n) is 3.87. The number of hydrogen-bond acceptors (Lipinski definition) is 5. The van der Waals surface area contributed by atoms with Crippen molar-refractivity contribution in [2.75, 3.05) is 20.1 Å². The summed E-state index contributed by atoms with van der Waals surface area (Å²) >= 11 is 0. The third kappa shape index (κ3) is 3.53. The first-order valence-electron chi connectivity index (χ1n) is 5.33. The lowest BCUT2D eigenvalue weighted by molar-refractivity contribution is 0.0779. The summed E-state index contributed by atoms with van der Waals surface area (Å²) in [5.74, 6) is -0.446. The highest BCUT2D eigenvalue weighted by atomic mass is 16.2. The number of amides is 1. The van der Waals surface area contributed by atoms with Gasteiger partial charge in [0.2, 0.25) is 0 Å². The van der Waals surface area contributed by atoms with E-state index in [1.54, 1.807) is 20.2 Å². The van der Waals surface area contributed by atoms with Gasteiger partial charge in [0, 0.05) is 20.1 Å². The van der Waals surface area contributed by atoms with Crippen molar-refractivity contribution >= 4 is 5.91 Å². The molecule has 1 heterocycles. The minimum atomic E-state index is -0.240. The molecule has 7 heteroatoms. The zero-order valence-corrected chi connectivity index (χ0v) is 10.00. The van der Waals surface area contributed by atoms with Crippen molar-refractivity contribution in [2.24, 2.45) is 11.7 Å². The first-order valence-corrected chi connectivity index (χ1v) is 5.33. The van der Waals surface area contributed by atoms with Crippen molar-refractivity contribution in [3.8, 4) is 6.07 Å². The summed E-state index contributed by atoms with van der Waals surface area (Å²) in [6.07, 6.45) is 1.56. The molecule has 0 fully saturated rings. The molecule has 0 aliphatic rings. The van der Waals surface area contributed by atoms with Gasteiger partial charge >= 0.3 is 0 Å². The fourth-order valence-electron chi connectivity index (χ4n) is 1.37. The Hall–Kier alpha value is -1.94. The number of nitriles is 1. The summed E-state index contributed by atoms with van der Waals surface area (Å²) in [6.45, 7) is 3.10. The van der Waals surface area contributed by atoms with Gasteiger partial charge in [0.15, 0.2) is 5.69 Å². The number of rotatable bonds is 5. The average Bonchev–Trinajstić information content (AvgIpc) is 2.76. The third-order valence-electron chi connectivity index (χ3n) is 2.23. The van der Waals surface area contributed by atoms with E-state index in [-0.39, 0.29) is 17.5 Å². The molecule has 92 valence electrons. The van der Waals surface area contributed by atoms with E-state index in [2.05, 4.69) is 16.4 Å². The predicted octanol–water partition coefficient (Wildman–Crippen LogP) is -0.532. The van der Waals surface area contributed by atoms with Gasteiger partial charge in [0.05, 0.1) is 24.7 Å². The molecule has 7 nitrogen and oxygen atoms in total. The Labute approximate surface area is 99.8 Å². The van der Waals surface area contributed by atoms with Crippen molar-refractivity contribution < 1.29 is 4.79 Å². The molecular weight excluding hydrogens is 220 g/mol. The van der Waals surface area contributed by atoms with Crippen LogP contribution in [0.15, 0.2) is 6.20 Å². The normalized spacial score (nSPS) is 11.9. The highest BCUT2D eigenvalue weighted by molar-refractivity contribution is 5.91. The van der Waals surface area contributed by atoms with E-state index >= 15 is 0 Å². The molecule has 1 unspecified atom stereocenters. The lowest BCUT2D eigenvalue weighted by Crippen LogP contribution is -2.30. The molecule has 1 aromatic rings. The monoisotopic (exact) mass is 236 g/mol. The summed E-state index contributed by atoms with van der Waals surface area (Å²) in [7, 11) is 1.64. The lowest BCUT2D eigenvalue weighted by atomic mass is 10.2. The molecule has 1 amide bonds. The molecule has 0 saturated heterocycles. The molecule has 0 aliphatic carbocycles. The van der Waals surface area contributed by atoms with Crippen molar-refractivity contribution in [1.82, 2.24) is 19.9 Å². The van der Waals surface area contributed by atoms with Crippen LogP contribution in [0.1, 0.15) is 17.4 Å². The Bertz CT molecular complexity index is 421. The van der Waals surface area contributed by atoms with E-state index in [0.29, 0.717) is 19.6 Å². The summed E-state index contributed by atoms with van der Waals surface area (Å²) in [4.78, 5) is 13.3. The summed E-state index contributed by atoms with van der Waals surface area (Å²) < 4.78 is 1.52. The SMILES string of the molecule is CC(C#N)CN(C)C(=O)c1cn(CCN)nn1. The number of carbonyl (C=O) groups excluding carboxylic acids is 1. The van der Waals surface area contributed by atoms with E-state index in [9.17, 15) is 4.79 Å². The zero-order chi connectivity index (χ0) is 12.8. The molecule has 17 heavy (non-hydrogen) atoms. The second kappa shape index (κ2) is 5.96. The topological polar surface area (TPSA) is 101 Å². The molecule has 0 aliphatic heterocycles. The van der Waals surface area contributed by atoms with Crippen LogP contribution in [0.25, 0.3) is 0 Å². The molecule has 0 spiro atoms. The molecule has 1 rings (SSSR count). The van der Waals surface area contributed by atoms with Crippen LogP contribution in [0.2, 0.25) is 0 Å². The van der Waals surface area contributed by atoms with Crippen LogP contribution in [0, 0.1) is 17.2 Å². The maximum atomic E-state index is 11.9. The maximum absolute atomic E-state index is 11.9. The fraction of sp³-hybridized carbons (Fsp3) is 0.600. The Kier molecular flexibility index (Phi) is 4.60. The average molecular weight is 236 g/mol. The van der Waals surface area contributed by atoms with Gasteiger partial charge < -0.3 is 10.6 Å². The molecular formula is C10H16N6O. The van der Waals surface area contributed by atoms with Gasteiger partial charge in [-0.25, -0.2) is 0 Å². The van der Waals surface area contributed by atoms with Gasteiger partial charge in [0.1, 0.15) is 0 Å². The summed E-state index contributed by atoms with van der Waals surface area (Å²) in [6, 6.07) is 2.08. The van der Waals surface area contributed by atoms with Crippen molar-refractivity contribution in [3.05, 3.63) is 11.9 Å². The quantitative estimate of drug-likeness (QED) is 0.740. The van der Waals surface area contributed by atoms with Crippen molar-refractivity contribution in [3.63, 3.8) is 0 Å². The Morgan fingerprint density at radius 3 is 3.06 bits per heavy atom. The van der Waals surface area contributed by atoms with E-state index in [4.69, 9.17) is 11.0 Å². The smallest absolute Gasteiger partial charge is 0.275 e. The van der Waals surface area contributed by atoms with Crippen LogP contribution in [0.5, 0.6) is 0 Å². The number of carbonyl (C=O) groups is 1. The zero-order valence-electron chi connectivity index (χ0n) is 10.00. The van der Waals surface area contributed by atoms with Crippen LogP contribution < -0.4 is 5.73 Å². The van der Waals surface area contributed by atoms with E-state index < -0.39 is 0 Å². The van der Waals surface area contributed by atoms with Crippen LogP contribution in [-0.2, 0) is 6.54 Å². The third-order valence-corrected chi connectivity index (χ3v) is 2.23. The standard InChI is InChI=1S/C10H16N6O/c1-8(5-12)6-15(2)10(17)9-7-16(4-3-11)14-13-9/h7-8H,3-4,6,11H2,1-2H3. The lowest BCUT2D eigenvalue weighted by Gasteiger charge is -2.16. The van der Waals surface area contributed by atoms with E-state index in [1.807, 2.05) is 0 Å². The van der Waals surface area contributed by atoms with E-state index in [0.717, 1.165) is 0 Å². The summed E-state index contributed by atoms with van der Waals surface area (Å²) in [5.41, 5.74) is 5.64. The minimum absolute atomic E-state index is 0.206. The summed E-state index contributed by atoms with van der Waals surface area (Å²) in [5, 5.41) is 16.2. The van der Waals surface area contributed by atoms with Gasteiger partial charge in [-0.05, 0) is 6.92 Å². The largest absolute Gasteiger partial charge is 0.339 e. The molecule has 0 saturated carbocycles. The van der Waals surface area contributed by atoms with Gasteiger partial charge in [-0.1, -0.05) is 5.21 Å². The molecule has 1 atom stereocenters. The van der Waals surface area contributed by atoms with Crippen LogP contribution in [0.3, 0.4) is 0 Å². The molecule has 0 bridgehead atoms. The number of nitrogens with zero attached hydrogens (tertiary/aromatic N) is 5. The van der Waals surface area contributed by atoms with Crippen molar-refractivity contribution in [2.45, 2.75) is 13.5 Å². The Balaban J connectivity index is 2.65. The number of aromatic nitrogens is 3. The Morgan fingerprint density at radius 2 is 2.47 bits per heavy atom. The van der Waals surface area contributed by atoms with Crippen LogP contribution in [0.4, 0.5) is 0 Å². The fourth-order valence-corrected chi connectivity index (χ4v) is 1.37. The van der Waals surface area contributed by atoms with E-state index in [1.165, 1.54) is 9.58 Å². The van der Waals surface area contributed by atoms with Gasteiger partial charge in [-0.3, -0.25) is 9.48 Å². The molecule has 1 aromatic heterocycles. The van der Waals surface area contributed by atoms with Crippen molar-refractivity contribution in [1.29, 1.82) is 5.26 Å². The highest BCUT2D eigenvalue weighted by Gasteiger charge is 2.17. The van der Waals surface area contributed by atoms with Crippen LogP contribution in [-0.4, -0.2) is 45.9 Å². The number of hydrogen-bond donors (Lipinski definition) is 1.